The third kappa shape index (κ3) is 17.3. The summed E-state index contributed by atoms with van der Waals surface area (Å²) >= 11 is 0. The Morgan fingerprint density at radius 2 is 0.807 bits per heavy atom. The zero-order valence-electron chi connectivity index (χ0n) is 76.7. The van der Waals surface area contributed by atoms with Crippen molar-refractivity contribution in [2.45, 2.75) is 100 Å². The quantitative estimate of drug-likeness (QED) is 0.0351. The number of nitrogens with zero attached hydrogens (tertiary/aromatic N) is 30. The fourth-order valence-corrected chi connectivity index (χ4v) is 24.2. The van der Waals surface area contributed by atoms with Gasteiger partial charge in [0.25, 0.3) is 20.4 Å². The smallest absolute Gasteiger partial charge is 0.303 e. The molecule has 6 fully saturated rings. The Morgan fingerprint density at radius 3 is 1.22 bits per heavy atom. The molecule has 1 amide bonds. The normalized spacial score (nSPS) is 17.2. The number of carbonyl (C=O) groups excluding carboxylic acids is 1. The van der Waals surface area contributed by atoms with Crippen molar-refractivity contribution in [2.24, 2.45) is 5.92 Å². The Labute approximate surface area is 804 Å². The molecule has 0 radical (unpaired) electrons. The van der Waals surface area contributed by atoms with Crippen LogP contribution in [-0.2, 0) is 73.0 Å². The van der Waals surface area contributed by atoms with Gasteiger partial charge in [0.1, 0.15) is 55.9 Å². The maximum Gasteiger partial charge on any atom is 0.303 e. The predicted octanol–water partition coefficient (Wildman–Crippen LogP) is 10.4. The van der Waals surface area contributed by atoms with Gasteiger partial charge in [0, 0.05) is 258 Å². The highest BCUT2D eigenvalue weighted by Crippen LogP contribution is 2.47. The maximum absolute atomic E-state index is 12.8. The average Bonchev–Trinajstić information content (AvgIpc) is 1.38. The van der Waals surface area contributed by atoms with Crippen molar-refractivity contribution >= 4 is 119 Å². The van der Waals surface area contributed by atoms with Gasteiger partial charge in [-0.2, -0.15) is 94.1 Å². The molecule has 6 aliphatic heterocycles. The van der Waals surface area contributed by atoms with E-state index in [2.05, 4.69) is 120 Å². The molecule has 1 unspecified atom stereocenters. The lowest BCUT2D eigenvalue weighted by Crippen LogP contribution is -2.67. The van der Waals surface area contributed by atoms with Crippen LogP contribution in [0.1, 0.15) is 72.6 Å². The van der Waals surface area contributed by atoms with Gasteiger partial charge in [-0.15, -0.1) is 0 Å². The number of pyridine rings is 5. The van der Waals surface area contributed by atoms with Crippen LogP contribution in [0.2, 0.25) is 0 Å². The number of fused-ring (bicyclic) bond motifs is 5. The van der Waals surface area contributed by atoms with Crippen LogP contribution in [0.4, 0.5) is 17.2 Å². The third-order valence-electron chi connectivity index (χ3n) is 26.8. The first kappa shape index (κ1) is 96.1. The molecule has 0 spiro atoms. The zero-order valence-corrected chi connectivity index (χ0v) is 80.0. The molecule has 714 valence electrons. The van der Waals surface area contributed by atoms with Crippen LogP contribution in [0.15, 0.2) is 166 Å². The van der Waals surface area contributed by atoms with Crippen LogP contribution < -0.4 is 0 Å². The molecule has 5 N–H and O–H groups in total. The van der Waals surface area contributed by atoms with E-state index in [0.717, 1.165) is 94.3 Å². The Morgan fingerprint density at radius 1 is 0.436 bits per heavy atom. The molecule has 0 aliphatic carbocycles. The van der Waals surface area contributed by atoms with Gasteiger partial charge < -0.3 is 34.7 Å². The SMILES string of the molecule is CCS(=O)(=O)N1CC(C(C)C#N)(n2cc(-c3ccnc4[nH]ccc34)cn2)C1.N#CCC1(n2cc(-c3ccnc4[nH]ccc34)cn2)CN(S(=O)(=O)N2CCCC2)C1.[C-]#[N+]c1cnc2[nH]ccc2c1-c1cnn(C2(CC#N)CN(C(=O)CC)C2)c1.[C-]#[N+]c1cnc2[nH]ccc2c1-c1cnn(C2(CC#N)CN(S(=O)(=O)N(C)C)C2)c1.[C-]#[N+]c1nn(C2(CC#N)CN(S(=O)(=O)CC)C2)cc1-c1ccnc2[nH]ccc12. The van der Waals surface area contributed by atoms with Crippen LogP contribution in [0.25, 0.3) is 125 Å². The van der Waals surface area contributed by atoms with Crippen LogP contribution in [-0.4, -0.2) is 273 Å². The van der Waals surface area contributed by atoms with Gasteiger partial charge in [-0.3, -0.25) is 33.5 Å². The van der Waals surface area contributed by atoms with Crippen molar-refractivity contribution in [3.05, 3.63) is 201 Å². The topological polar surface area (TPSA) is 541 Å². The molecule has 15 aromatic rings. The van der Waals surface area contributed by atoms with E-state index in [0.29, 0.717) is 77.6 Å². The van der Waals surface area contributed by atoms with Crippen LogP contribution in [0.5, 0.6) is 0 Å². The number of aromatic nitrogens is 20. The Balaban J connectivity index is 0.000000121. The molecule has 140 heavy (non-hydrogen) atoms. The Kier molecular flexibility index (Phi) is 26.2. The number of nitriles is 5. The van der Waals surface area contributed by atoms with E-state index in [1.54, 1.807) is 123 Å². The highest BCUT2D eigenvalue weighted by molar-refractivity contribution is 7.89. The molecule has 48 heteroatoms. The molecule has 6 saturated heterocycles. The summed E-state index contributed by atoms with van der Waals surface area (Å²) in [6.45, 7) is 33.1. The molecule has 1 atom stereocenters. The second kappa shape index (κ2) is 38.1. The summed E-state index contributed by atoms with van der Waals surface area (Å²) < 4.78 is 116. The lowest BCUT2D eigenvalue weighted by molar-refractivity contribution is -0.142. The van der Waals surface area contributed by atoms with E-state index in [4.69, 9.17) is 19.7 Å². The van der Waals surface area contributed by atoms with E-state index >= 15 is 0 Å². The molecule has 15 aromatic heterocycles. The van der Waals surface area contributed by atoms with E-state index in [1.807, 2.05) is 93.4 Å². The number of nitrogens with one attached hydrogen (secondary N) is 5. The second-order valence-electron chi connectivity index (χ2n) is 35.2. The fraction of sp³-hybridized carbons (Fsp3) is 0.359. The van der Waals surface area contributed by atoms with Crippen LogP contribution >= 0.6 is 0 Å². The minimum Gasteiger partial charge on any atom is -0.358 e. The largest absolute Gasteiger partial charge is 0.358 e. The summed E-state index contributed by atoms with van der Waals surface area (Å²) in [5, 5.41) is 73.7. The first-order valence-corrected chi connectivity index (χ1v) is 50.5. The van der Waals surface area contributed by atoms with Crippen molar-refractivity contribution in [2.75, 3.05) is 104 Å². The summed E-state index contributed by atoms with van der Waals surface area (Å²) in [7, 11) is -10.7. The van der Waals surface area contributed by atoms with Gasteiger partial charge >= 0.3 is 5.82 Å². The van der Waals surface area contributed by atoms with Crippen LogP contribution in [0, 0.1) is 82.3 Å². The van der Waals surface area contributed by atoms with Crippen molar-refractivity contribution in [1.29, 1.82) is 26.3 Å². The molecule has 0 saturated carbocycles. The zero-order chi connectivity index (χ0) is 99.1. The lowest BCUT2D eigenvalue weighted by atomic mass is 9.80. The fourth-order valence-electron chi connectivity index (χ4n) is 18.7. The predicted molar refractivity (Wildman–Crippen MR) is 515 cm³/mol. The Hall–Kier alpha value is -15.6. The molecule has 0 aromatic carbocycles. The van der Waals surface area contributed by atoms with Gasteiger partial charge in [0.15, 0.2) is 0 Å². The minimum atomic E-state index is -3.55. The van der Waals surface area contributed by atoms with Crippen LogP contribution in [0.3, 0.4) is 0 Å². The maximum atomic E-state index is 12.8. The van der Waals surface area contributed by atoms with Gasteiger partial charge in [0.05, 0.1) is 111 Å². The number of amides is 1. The van der Waals surface area contributed by atoms with Gasteiger partial charge in [-0.25, -0.2) is 41.5 Å². The highest BCUT2D eigenvalue weighted by atomic mass is 32.2. The highest BCUT2D eigenvalue weighted by Gasteiger charge is 2.57. The monoisotopic (exact) mass is 1960 g/mol. The average molecular weight is 1960 g/mol. The molecule has 21 rings (SSSR count). The number of H-pyrrole nitrogens is 5. The van der Waals surface area contributed by atoms with E-state index in [1.165, 1.54) is 41.8 Å². The summed E-state index contributed by atoms with van der Waals surface area (Å²) in [5.74, 6) is -0.0254. The van der Waals surface area contributed by atoms with Crippen molar-refractivity contribution in [3.8, 4) is 86.0 Å². The van der Waals surface area contributed by atoms with Gasteiger partial charge in [-0.1, -0.05) is 13.5 Å². The van der Waals surface area contributed by atoms with Gasteiger partial charge in [-0.05, 0) is 104 Å². The number of hydrogen-bond acceptors (Lipinski definition) is 24. The molecule has 6 aliphatic rings. The van der Waals surface area contributed by atoms with Crippen molar-refractivity contribution < 1.29 is 38.5 Å². The molecular formula is C92H93N35O9S4. The summed E-state index contributed by atoms with van der Waals surface area (Å²) in [6.07, 6.45) is 36.2. The Bertz CT molecular complexity index is 8140. The second-order valence-corrected chi connectivity index (χ2v) is 43.8. The summed E-state index contributed by atoms with van der Waals surface area (Å²) in [5.41, 5.74) is 9.47. The number of sulfonamides is 2. The number of rotatable bonds is 24. The molecule has 44 nitrogen and oxygen atoms in total. The summed E-state index contributed by atoms with van der Waals surface area (Å²) in [4.78, 5) is 61.1. The molecular weight excluding hydrogens is 1870 g/mol. The first-order chi connectivity index (χ1) is 67.3. The first-order valence-electron chi connectivity index (χ1n) is 44.5. The van der Waals surface area contributed by atoms with E-state index in [9.17, 15) is 64.8 Å². The van der Waals surface area contributed by atoms with Gasteiger partial charge in [0.2, 0.25) is 37.3 Å². The van der Waals surface area contributed by atoms with Crippen molar-refractivity contribution in [1.82, 2.24) is 129 Å². The number of aromatic amines is 5. The summed E-state index contributed by atoms with van der Waals surface area (Å²) in [6, 6.07) is 26.2. The van der Waals surface area contributed by atoms with Crippen molar-refractivity contribution in [3.63, 3.8) is 0 Å². The third-order valence-corrected chi connectivity index (χ3v) is 34.1. The number of hydrogen-bond donors (Lipinski definition) is 5. The standard InChI is InChI=1S/C19H21N7O2S.C19H17N7O.C18H18N8O2S.C18H17N7O2S.C18H20N6O2S/c20-6-5-19(13-25(14-19)29(27,28)24-9-1-2-10-24)26-12-15(11-23-26)16-3-7-21-18-17(16)4-8-22-18;1-3-16(27)25-11-19(12-25,5-6-20)26-10-13(8-24-26)17-14-4-7-22-18(14)23-9-15(17)21-2;1-20-15-9-22-17-14(4-7-21-17)16(15)13-8-23-26(10-13)18(5-6-19)11-25(12-18)29(27,28)24(2)3;1-3-28(26,27)24-11-18(12-24,6-7-19)25-10-15(16(20-2)23-25)13-4-8-21-17-14(13)5-9-22-17;1-3-27(25,26)23-11-18(12-23,13(2)8-19)24-10-14(9-22-24)15-4-6-20-17-16(15)5-7-21-17/h3-4,7-8,11-12H,1-2,5,9-10,13-14H2,(H,21,22);4,7-10H,3,5,11-12H2,1H3,(H,22,23);4,7-10H,5,11-12H2,2-3H3,(H,21,22);4-5,8-10H,3,6,11-12H2,1H3,(H,21,22);4-7,9-10,13H,3,11-12H2,1-2H3,(H,20,21). The molecule has 0 bridgehead atoms. The lowest BCUT2D eigenvalue weighted by Gasteiger charge is -2.50. The number of carbonyl (C=O) groups is 1. The minimum absolute atomic E-state index is 0.00970. The van der Waals surface area contributed by atoms with E-state index in [-0.39, 0.29) is 107 Å². The molecule has 21 heterocycles. The number of likely N-dealkylation sites (tertiary alicyclic amines) is 1. The van der Waals surface area contributed by atoms with E-state index < -0.39 is 68.2 Å².